The standard InChI is InChI=1S/C22H24N4O2/c23-19(14-15-6-8-17(27)9-7-15)22(28)26-12-10-18-20(11-13-26)24-25-21(18)16-4-2-1-3-5-16/h1-9,19,27H,10-14,23H2,(H,24,25)/t19-/m0/s1. The van der Waals surface area contributed by atoms with Crippen molar-refractivity contribution in [2.45, 2.75) is 25.3 Å². The molecule has 1 atom stereocenters. The molecule has 4 N–H and O–H groups in total. The van der Waals surface area contributed by atoms with Gasteiger partial charge in [0.05, 0.1) is 11.7 Å². The van der Waals surface area contributed by atoms with Crippen molar-refractivity contribution >= 4 is 5.91 Å². The van der Waals surface area contributed by atoms with E-state index in [4.69, 9.17) is 5.73 Å². The van der Waals surface area contributed by atoms with Crippen molar-refractivity contribution in [3.8, 4) is 17.0 Å². The van der Waals surface area contributed by atoms with E-state index in [0.29, 0.717) is 19.5 Å². The Bertz CT molecular complexity index is 950. The summed E-state index contributed by atoms with van der Waals surface area (Å²) in [4.78, 5) is 14.7. The summed E-state index contributed by atoms with van der Waals surface area (Å²) in [5.74, 6) is 0.174. The van der Waals surface area contributed by atoms with Crippen LogP contribution in [0.3, 0.4) is 0 Å². The lowest BCUT2D eigenvalue weighted by molar-refractivity contribution is -0.132. The molecule has 6 nitrogen and oxygen atoms in total. The Morgan fingerprint density at radius 2 is 1.82 bits per heavy atom. The number of rotatable bonds is 4. The summed E-state index contributed by atoms with van der Waals surface area (Å²) in [7, 11) is 0. The summed E-state index contributed by atoms with van der Waals surface area (Å²) in [5, 5.41) is 17.1. The van der Waals surface area contributed by atoms with Crippen LogP contribution >= 0.6 is 0 Å². The summed E-state index contributed by atoms with van der Waals surface area (Å²) in [5.41, 5.74) is 11.5. The van der Waals surface area contributed by atoms with Gasteiger partial charge in [-0.1, -0.05) is 42.5 Å². The summed E-state index contributed by atoms with van der Waals surface area (Å²) in [6.45, 7) is 1.26. The van der Waals surface area contributed by atoms with Gasteiger partial charge in [0, 0.05) is 36.3 Å². The average Bonchev–Trinajstić information content (AvgIpc) is 3.01. The number of aromatic nitrogens is 2. The van der Waals surface area contributed by atoms with Crippen molar-refractivity contribution in [1.82, 2.24) is 15.1 Å². The second kappa shape index (κ2) is 7.86. The average molecular weight is 376 g/mol. The Morgan fingerprint density at radius 1 is 1.11 bits per heavy atom. The van der Waals surface area contributed by atoms with Gasteiger partial charge in [-0.15, -0.1) is 0 Å². The maximum absolute atomic E-state index is 12.9. The molecule has 0 bridgehead atoms. The predicted molar refractivity (Wildman–Crippen MR) is 108 cm³/mol. The molecule has 2 heterocycles. The van der Waals surface area contributed by atoms with Gasteiger partial charge in [0.2, 0.25) is 5.91 Å². The Hall–Kier alpha value is -3.12. The second-order valence-corrected chi connectivity index (χ2v) is 7.20. The first kappa shape index (κ1) is 18.3. The Morgan fingerprint density at radius 3 is 2.57 bits per heavy atom. The molecular formula is C22H24N4O2. The normalized spacial score (nSPS) is 15.0. The Kier molecular flexibility index (Phi) is 5.12. The number of carbonyl (C=O) groups excluding carboxylic acids is 1. The van der Waals surface area contributed by atoms with E-state index in [1.54, 1.807) is 24.3 Å². The van der Waals surface area contributed by atoms with Gasteiger partial charge < -0.3 is 15.7 Å². The van der Waals surface area contributed by atoms with E-state index in [2.05, 4.69) is 22.3 Å². The molecule has 1 aliphatic rings. The fourth-order valence-electron chi connectivity index (χ4n) is 3.75. The monoisotopic (exact) mass is 376 g/mol. The molecule has 0 spiro atoms. The Labute approximate surface area is 164 Å². The quantitative estimate of drug-likeness (QED) is 0.651. The van der Waals surface area contributed by atoms with Crippen molar-refractivity contribution in [3.05, 3.63) is 71.4 Å². The van der Waals surface area contributed by atoms with E-state index >= 15 is 0 Å². The van der Waals surface area contributed by atoms with Gasteiger partial charge in [0.15, 0.2) is 0 Å². The molecule has 0 fully saturated rings. The molecule has 0 aliphatic carbocycles. The van der Waals surface area contributed by atoms with Gasteiger partial charge in [0.25, 0.3) is 0 Å². The fraction of sp³-hybridized carbons (Fsp3) is 0.273. The van der Waals surface area contributed by atoms with Crippen LogP contribution in [0.25, 0.3) is 11.3 Å². The summed E-state index contributed by atoms with van der Waals surface area (Å²) < 4.78 is 0. The zero-order valence-corrected chi connectivity index (χ0v) is 15.6. The molecule has 0 radical (unpaired) electrons. The molecule has 2 aromatic carbocycles. The first-order chi connectivity index (χ1) is 13.6. The number of aromatic hydroxyl groups is 1. The molecule has 3 aromatic rings. The van der Waals surface area contributed by atoms with Crippen LogP contribution in [0.2, 0.25) is 0 Å². The number of benzene rings is 2. The molecule has 6 heteroatoms. The van der Waals surface area contributed by atoms with Crippen LogP contribution in [0.4, 0.5) is 0 Å². The van der Waals surface area contributed by atoms with Crippen molar-refractivity contribution in [1.29, 1.82) is 0 Å². The number of H-pyrrole nitrogens is 1. The number of fused-ring (bicyclic) bond motifs is 1. The van der Waals surface area contributed by atoms with Crippen molar-refractivity contribution in [2.75, 3.05) is 13.1 Å². The topological polar surface area (TPSA) is 95.2 Å². The first-order valence-electron chi connectivity index (χ1n) is 9.55. The zero-order valence-electron chi connectivity index (χ0n) is 15.6. The molecule has 1 amide bonds. The first-order valence-corrected chi connectivity index (χ1v) is 9.55. The number of phenols is 1. The van der Waals surface area contributed by atoms with Crippen LogP contribution in [0.1, 0.15) is 16.8 Å². The number of phenolic OH excluding ortho intramolecular Hbond substituents is 1. The van der Waals surface area contributed by atoms with Gasteiger partial charge in [-0.2, -0.15) is 5.10 Å². The van der Waals surface area contributed by atoms with Crippen LogP contribution in [-0.2, 0) is 24.1 Å². The third kappa shape index (κ3) is 3.77. The molecular weight excluding hydrogens is 352 g/mol. The minimum atomic E-state index is -0.590. The number of nitrogens with zero attached hydrogens (tertiary/aromatic N) is 2. The minimum Gasteiger partial charge on any atom is -0.508 e. The Balaban J connectivity index is 1.44. The van der Waals surface area contributed by atoms with Crippen LogP contribution in [0, 0.1) is 0 Å². The van der Waals surface area contributed by atoms with Gasteiger partial charge in [-0.3, -0.25) is 9.89 Å². The predicted octanol–water partition coefficient (Wildman–Crippen LogP) is 2.28. The van der Waals surface area contributed by atoms with Crippen LogP contribution in [0.15, 0.2) is 54.6 Å². The molecule has 144 valence electrons. The van der Waals surface area contributed by atoms with Crippen molar-refractivity contribution in [3.63, 3.8) is 0 Å². The highest BCUT2D eigenvalue weighted by Gasteiger charge is 2.26. The van der Waals surface area contributed by atoms with E-state index in [9.17, 15) is 9.90 Å². The lowest BCUT2D eigenvalue weighted by Gasteiger charge is -2.24. The lowest BCUT2D eigenvalue weighted by atomic mass is 10.0. The number of nitrogens with one attached hydrogen (secondary N) is 1. The van der Waals surface area contributed by atoms with Gasteiger partial charge >= 0.3 is 0 Å². The highest BCUT2D eigenvalue weighted by atomic mass is 16.3. The van der Waals surface area contributed by atoms with Crippen molar-refractivity contribution in [2.24, 2.45) is 5.73 Å². The smallest absolute Gasteiger partial charge is 0.239 e. The number of amides is 1. The highest BCUT2D eigenvalue weighted by molar-refractivity contribution is 5.82. The molecule has 0 saturated carbocycles. The molecule has 0 saturated heterocycles. The third-order valence-corrected chi connectivity index (χ3v) is 5.28. The summed E-state index contributed by atoms with van der Waals surface area (Å²) in [6.07, 6.45) is 1.96. The number of carbonyl (C=O) groups is 1. The van der Waals surface area contributed by atoms with Gasteiger partial charge in [-0.05, 0) is 30.5 Å². The molecule has 0 unspecified atom stereocenters. The number of hydrogen-bond acceptors (Lipinski definition) is 4. The van der Waals surface area contributed by atoms with Gasteiger partial charge in [-0.25, -0.2) is 0 Å². The number of nitrogens with two attached hydrogens (primary N) is 1. The zero-order chi connectivity index (χ0) is 19.5. The van der Waals surface area contributed by atoms with E-state index < -0.39 is 6.04 Å². The van der Waals surface area contributed by atoms with E-state index in [-0.39, 0.29) is 11.7 Å². The van der Waals surface area contributed by atoms with Gasteiger partial charge in [0.1, 0.15) is 5.75 Å². The molecule has 4 rings (SSSR count). The van der Waals surface area contributed by atoms with Crippen molar-refractivity contribution < 1.29 is 9.90 Å². The lowest BCUT2D eigenvalue weighted by Crippen LogP contribution is -2.46. The second-order valence-electron chi connectivity index (χ2n) is 7.20. The number of hydrogen-bond donors (Lipinski definition) is 3. The highest BCUT2D eigenvalue weighted by Crippen LogP contribution is 2.26. The summed E-state index contributed by atoms with van der Waals surface area (Å²) in [6, 6.07) is 16.3. The molecule has 1 aromatic heterocycles. The van der Waals surface area contributed by atoms with Crippen LogP contribution in [0.5, 0.6) is 5.75 Å². The van der Waals surface area contributed by atoms with Crippen LogP contribution in [-0.4, -0.2) is 45.2 Å². The molecule has 28 heavy (non-hydrogen) atoms. The number of aromatic amines is 1. The fourth-order valence-corrected chi connectivity index (χ4v) is 3.75. The maximum Gasteiger partial charge on any atom is 0.239 e. The van der Waals surface area contributed by atoms with E-state index in [1.807, 2.05) is 23.1 Å². The largest absolute Gasteiger partial charge is 0.508 e. The third-order valence-electron chi connectivity index (χ3n) is 5.28. The van der Waals surface area contributed by atoms with E-state index in [1.165, 1.54) is 5.56 Å². The van der Waals surface area contributed by atoms with Crippen LogP contribution < -0.4 is 5.73 Å². The minimum absolute atomic E-state index is 0.0348. The SMILES string of the molecule is N[C@@H](Cc1ccc(O)cc1)C(=O)N1CCc2[nH]nc(-c3ccccc3)c2CC1. The van der Waals surface area contributed by atoms with E-state index in [0.717, 1.165) is 35.4 Å². The summed E-state index contributed by atoms with van der Waals surface area (Å²) >= 11 is 0. The maximum atomic E-state index is 12.9. The molecule has 1 aliphatic heterocycles.